The minimum Gasteiger partial charge on any atom is -0.369 e. The second-order valence-electron chi connectivity index (χ2n) is 6.26. The average molecular weight is 225 g/mol. The molecule has 0 radical (unpaired) electrons. The van der Waals surface area contributed by atoms with Crippen LogP contribution in [0.5, 0.6) is 0 Å². The Morgan fingerprint density at radius 2 is 1.75 bits per heavy atom. The van der Waals surface area contributed by atoms with Gasteiger partial charge in [-0.25, -0.2) is 0 Å². The molecule has 0 unspecified atom stereocenters. The molecule has 1 fully saturated rings. The van der Waals surface area contributed by atoms with Crippen LogP contribution in [0.1, 0.15) is 53.9 Å². The van der Waals surface area contributed by atoms with Crippen molar-refractivity contribution in [3.05, 3.63) is 0 Å². The maximum absolute atomic E-state index is 11.9. The Morgan fingerprint density at radius 1 is 1.25 bits per heavy atom. The zero-order chi connectivity index (χ0) is 12.5. The first-order chi connectivity index (χ1) is 7.31. The fourth-order valence-corrected chi connectivity index (χ4v) is 3.36. The molecule has 0 aromatic carbocycles. The van der Waals surface area contributed by atoms with Gasteiger partial charge in [0.2, 0.25) is 5.91 Å². The molecule has 1 saturated carbocycles. The first kappa shape index (κ1) is 13.5. The number of carbonyl (C=O) groups is 1. The van der Waals surface area contributed by atoms with E-state index in [1.54, 1.807) is 0 Å². The van der Waals surface area contributed by atoms with E-state index in [4.69, 9.17) is 5.73 Å². The summed E-state index contributed by atoms with van der Waals surface area (Å²) >= 11 is 0. The maximum atomic E-state index is 11.9. The van der Waals surface area contributed by atoms with Crippen molar-refractivity contribution in [1.82, 2.24) is 0 Å². The zero-order valence-corrected chi connectivity index (χ0v) is 11.4. The summed E-state index contributed by atoms with van der Waals surface area (Å²) in [6, 6.07) is 0. The normalized spacial score (nSPS) is 22.9. The van der Waals surface area contributed by atoms with Gasteiger partial charge < -0.3 is 5.73 Å². The number of carbonyl (C=O) groups excluding carboxylic acids is 1. The lowest BCUT2D eigenvalue weighted by Gasteiger charge is -2.48. The smallest absolute Gasteiger partial charge is 0.223 e. The van der Waals surface area contributed by atoms with E-state index in [0.717, 1.165) is 0 Å². The van der Waals surface area contributed by atoms with Crippen molar-refractivity contribution in [2.75, 3.05) is 0 Å². The van der Waals surface area contributed by atoms with Crippen LogP contribution in [0.15, 0.2) is 0 Å². The Hall–Kier alpha value is -0.530. The Morgan fingerprint density at radius 3 is 1.94 bits per heavy atom. The first-order valence-corrected chi connectivity index (χ1v) is 6.61. The summed E-state index contributed by atoms with van der Waals surface area (Å²) in [7, 11) is 0. The molecule has 2 atom stereocenters. The van der Waals surface area contributed by atoms with E-state index in [1.807, 2.05) is 0 Å². The molecule has 0 saturated heterocycles. The maximum Gasteiger partial charge on any atom is 0.223 e. The number of amides is 1. The van der Waals surface area contributed by atoms with Crippen molar-refractivity contribution in [3.63, 3.8) is 0 Å². The van der Waals surface area contributed by atoms with Crippen molar-refractivity contribution >= 4 is 5.91 Å². The molecule has 1 rings (SSSR count). The van der Waals surface area contributed by atoms with Crippen LogP contribution in [-0.2, 0) is 4.79 Å². The average Bonchev–Trinajstić information content (AvgIpc) is 2.08. The molecule has 16 heavy (non-hydrogen) atoms. The molecule has 0 aromatic rings. The Bertz CT molecular complexity index is 255. The van der Waals surface area contributed by atoms with Gasteiger partial charge in [0.25, 0.3) is 0 Å². The second kappa shape index (κ2) is 4.77. The molecular formula is C14H27NO. The van der Waals surface area contributed by atoms with Crippen molar-refractivity contribution in [1.29, 1.82) is 0 Å². The SMILES string of the molecule is CC(C)[C@@H](C1CCC1)[C@](C)(C(N)=O)C(C)C. The summed E-state index contributed by atoms with van der Waals surface area (Å²) in [6.07, 6.45) is 3.87. The second-order valence-corrected chi connectivity index (χ2v) is 6.26. The third-order valence-corrected chi connectivity index (χ3v) is 4.80. The van der Waals surface area contributed by atoms with E-state index in [0.29, 0.717) is 23.7 Å². The molecule has 2 heteroatoms. The minimum atomic E-state index is -0.348. The highest BCUT2D eigenvalue weighted by Gasteiger charge is 2.48. The van der Waals surface area contributed by atoms with E-state index in [2.05, 4.69) is 34.6 Å². The van der Waals surface area contributed by atoms with Gasteiger partial charge in [-0.15, -0.1) is 0 Å². The van der Waals surface area contributed by atoms with Crippen LogP contribution >= 0.6 is 0 Å². The fourth-order valence-electron chi connectivity index (χ4n) is 3.36. The summed E-state index contributed by atoms with van der Waals surface area (Å²) in [6.45, 7) is 10.8. The van der Waals surface area contributed by atoms with Crippen molar-refractivity contribution in [2.24, 2.45) is 34.8 Å². The molecule has 0 aliphatic heterocycles. The number of hydrogen-bond donors (Lipinski definition) is 1. The quantitative estimate of drug-likeness (QED) is 0.767. The van der Waals surface area contributed by atoms with Gasteiger partial charge in [-0.1, -0.05) is 53.9 Å². The molecule has 94 valence electrons. The standard InChI is InChI=1S/C14H27NO/c1-9(2)12(11-7-6-8-11)14(5,10(3)4)13(15)16/h9-12H,6-8H2,1-5H3,(H2,15,16)/t12-,14+/m0/s1. The van der Waals surface area contributed by atoms with Gasteiger partial charge in [0.1, 0.15) is 0 Å². The van der Waals surface area contributed by atoms with Crippen LogP contribution in [-0.4, -0.2) is 5.91 Å². The van der Waals surface area contributed by atoms with E-state index in [9.17, 15) is 4.79 Å². The predicted octanol–water partition coefficient (Wildman–Crippen LogP) is 3.21. The lowest BCUT2D eigenvalue weighted by Crippen LogP contribution is -2.50. The van der Waals surface area contributed by atoms with Gasteiger partial charge in [0.15, 0.2) is 0 Å². The van der Waals surface area contributed by atoms with Gasteiger partial charge in [0.05, 0.1) is 5.41 Å². The fraction of sp³-hybridized carbons (Fsp3) is 0.929. The van der Waals surface area contributed by atoms with Crippen LogP contribution in [0.3, 0.4) is 0 Å². The van der Waals surface area contributed by atoms with Crippen LogP contribution in [0.2, 0.25) is 0 Å². The van der Waals surface area contributed by atoms with E-state index < -0.39 is 0 Å². The molecule has 1 aliphatic carbocycles. The third-order valence-electron chi connectivity index (χ3n) is 4.80. The van der Waals surface area contributed by atoms with Crippen molar-refractivity contribution in [3.8, 4) is 0 Å². The molecule has 0 aromatic heterocycles. The zero-order valence-electron chi connectivity index (χ0n) is 11.4. The summed E-state index contributed by atoms with van der Waals surface area (Å²) in [5.74, 6) is 1.88. The summed E-state index contributed by atoms with van der Waals surface area (Å²) in [5, 5.41) is 0. The molecule has 0 heterocycles. The van der Waals surface area contributed by atoms with Crippen molar-refractivity contribution < 1.29 is 4.79 Å². The Kier molecular flexibility index (Phi) is 4.03. The van der Waals surface area contributed by atoms with Gasteiger partial charge in [-0.05, 0) is 23.7 Å². The molecule has 0 spiro atoms. The van der Waals surface area contributed by atoms with Crippen LogP contribution in [0.4, 0.5) is 0 Å². The van der Waals surface area contributed by atoms with Crippen LogP contribution in [0, 0.1) is 29.1 Å². The third kappa shape index (κ3) is 2.11. The van der Waals surface area contributed by atoms with E-state index in [-0.39, 0.29) is 11.3 Å². The van der Waals surface area contributed by atoms with Gasteiger partial charge in [-0.2, -0.15) is 0 Å². The molecule has 2 N–H and O–H groups in total. The summed E-state index contributed by atoms with van der Waals surface area (Å²) in [4.78, 5) is 11.9. The highest BCUT2D eigenvalue weighted by Crippen LogP contribution is 2.49. The van der Waals surface area contributed by atoms with Crippen molar-refractivity contribution in [2.45, 2.75) is 53.9 Å². The number of hydrogen-bond acceptors (Lipinski definition) is 1. The monoisotopic (exact) mass is 225 g/mol. The highest BCUT2D eigenvalue weighted by molar-refractivity contribution is 5.81. The minimum absolute atomic E-state index is 0.117. The Balaban J connectivity index is 3.00. The van der Waals surface area contributed by atoms with Crippen LogP contribution < -0.4 is 5.73 Å². The van der Waals surface area contributed by atoms with Gasteiger partial charge >= 0.3 is 0 Å². The lowest BCUT2D eigenvalue weighted by molar-refractivity contribution is -0.138. The Labute approximate surface area is 100.0 Å². The summed E-state index contributed by atoms with van der Waals surface area (Å²) in [5.41, 5.74) is 5.34. The molecule has 0 bridgehead atoms. The topological polar surface area (TPSA) is 43.1 Å². The van der Waals surface area contributed by atoms with Gasteiger partial charge in [0, 0.05) is 0 Å². The molecule has 1 aliphatic rings. The highest BCUT2D eigenvalue weighted by atomic mass is 16.1. The van der Waals surface area contributed by atoms with Crippen LogP contribution in [0.25, 0.3) is 0 Å². The molecular weight excluding hydrogens is 198 g/mol. The van der Waals surface area contributed by atoms with Gasteiger partial charge in [-0.3, -0.25) is 4.79 Å². The summed E-state index contributed by atoms with van der Waals surface area (Å²) < 4.78 is 0. The molecule has 1 amide bonds. The number of primary amides is 1. The molecule has 2 nitrogen and oxygen atoms in total. The number of rotatable bonds is 5. The first-order valence-electron chi connectivity index (χ1n) is 6.61. The largest absolute Gasteiger partial charge is 0.369 e. The predicted molar refractivity (Wildman–Crippen MR) is 67.8 cm³/mol. The van der Waals surface area contributed by atoms with E-state index in [1.165, 1.54) is 19.3 Å². The lowest BCUT2D eigenvalue weighted by atomic mass is 9.56. The van der Waals surface area contributed by atoms with E-state index >= 15 is 0 Å². The number of nitrogens with two attached hydrogens (primary N) is 1.